The first kappa shape index (κ1) is 26.9. The summed E-state index contributed by atoms with van der Waals surface area (Å²) in [4.78, 5) is 27.7. The number of carbonyl (C=O) groups is 2. The summed E-state index contributed by atoms with van der Waals surface area (Å²) in [5.74, 6) is -0.332. The number of alkyl halides is 1. The number of nitrogens with zero attached hydrogens (tertiary/aromatic N) is 2. The molecule has 2 aliphatic rings. The lowest BCUT2D eigenvalue weighted by Crippen LogP contribution is -2.34. The Hall–Kier alpha value is -2.73. The first-order valence-corrected chi connectivity index (χ1v) is 12.8. The number of halogens is 1. The fraction of sp³-hybridized carbons (Fsp3) is 0.609. The first-order valence-electron chi connectivity index (χ1n) is 11.3. The molecular formula is C23H32FN3O7S. The third-order valence-electron chi connectivity index (χ3n) is 5.79. The Morgan fingerprint density at radius 2 is 1.94 bits per heavy atom. The van der Waals surface area contributed by atoms with Crippen LogP contribution in [0.1, 0.15) is 27.2 Å². The number of piperidine rings is 1. The van der Waals surface area contributed by atoms with E-state index in [-0.39, 0.29) is 67.2 Å². The number of aromatic nitrogens is 1. The van der Waals surface area contributed by atoms with E-state index in [4.69, 9.17) is 14.2 Å². The summed E-state index contributed by atoms with van der Waals surface area (Å²) < 4.78 is 55.4. The molecule has 2 heterocycles. The molecular weight excluding hydrogens is 481 g/mol. The molecule has 0 aromatic carbocycles. The number of allylic oxidation sites excluding steroid dienone is 1. The fourth-order valence-electron chi connectivity index (χ4n) is 4.03. The molecule has 3 rings (SSSR count). The van der Waals surface area contributed by atoms with Gasteiger partial charge >= 0.3 is 12.1 Å². The smallest absolute Gasteiger partial charge is 0.407 e. The van der Waals surface area contributed by atoms with E-state index in [0.717, 1.165) is 0 Å². The number of amides is 1. The minimum atomic E-state index is -3.74. The number of fused-ring (bicyclic) bond motifs is 1. The lowest BCUT2D eigenvalue weighted by molar-refractivity contribution is -0.143. The van der Waals surface area contributed by atoms with Crippen molar-refractivity contribution in [3.8, 4) is 5.88 Å². The van der Waals surface area contributed by atoms with Crippen LogP contribution in [0.4, 0.5) is 9.18 Å². The number of sulfonamides is 1. The van der Waals surface area contributed by atoms with E-state index in [9.17, 15) is 22.4 Å². The molecule has 1 saturated heterocycles. The van der Waals surface area contributed by atoms with Gasteiger partial charge in [0.1, 0.15) is 17.1 Å². The van der Waals surface area contributed by atoms with Crippen LogP contribution in [0.5, 0.6) is 5.88 Å². The standard InChI is InChI=1S/C23H32FN3O7S/c1-23(2,3)34-22(29)26-10-15(6-5-9-24)14-33-19-8-7-16(11-25-19)35(30,31)27-12-17-18(13-27)20(17)21(28)32-4/h6-8,11,17-18,20H,5,9-10,12-14H2,1-4H3,(H,26,29)/b15-6+/t17-,18+,20+. The SMILES string of the molecule is COC(=O)[C@H]1[C@@H]2CN(S(=O)(=O)c3ccc(OC/C(=C/CCF)CNC(=O)OC(C)(C)C)nc3)C[C@@H]21. The highest BCUT2D eigenvalue weighted by molar-refractivity contribution is 7.89. The number of hydrogen-bond donors (Lipinski definition) is 1. The van der Waals surface area contributed by atoms with Gasteiger partial charge in [-0.05, 0) is 50.7 Å². The Labute approximate surface area is 204 Å². The molecule has 3 atom stereocenters. The monoisotopic (exact) mass is 513 g/mol. The molecule has 2 fully saturated rings. The number of hydrogen-bond acceptors (Lipinski definition) is 8. The van der Waals surface area contributed by atoms with Crippen LogP contribution in [-0.4, -0.2) is 75.4 Å². The van der Waals surface area contributed by atoms with Gasteiger partial charge in [-0.25, -0.2) is 18.2 Å². The van der Waals surface area contributed by atoms with Crippen molar-refractivity contribution in [1.29, 1.82) is 0 Å². The normalized spacial score (nSPS) is 22.3. The maximum absolute atomic E-state index is 12.9. The second-order valence-electron chi connectivity index (χ2n) is 9.51. The molecule has 10 nitrogen and oxygen atoms in total. The van der Waals surface area contributed by atoms with E-state index in [2.05, 4.69) is 10.3 Å². The van der Waals surface area contributed by atoms with Gasteiger partial charge in [-0.1, -0.05) is 6.08 Å². The maximum atomic E-state index is 12.9. The van der Waals surface area contributed by atoms with Crippen molar-refractivity contribution >= 4 is 22.1 Å². The Balaban J connectivity index is 1.54. The highest BCUT2D eigenvalue weighted by Crippen LogP contribution is 2.53. The number of rotatable bonds is 10. The second kappa shape index (κ2) is 10.9. The number of ether oxygens (including phenoxy) is 3. The van der Waals surface area contributed by atoms with E-state index in [0.29, 0.717) is 5.57 Å². The van der Waals surface area contributed by atoms with Crippen LogP contribution in [-0.2, 0) is 24.3 Å². The molecule has 1 amide bonds. The van der Waals surface area contributed by atoms with Crippen LogP contribution in [0.3, 0.4) is 0 Å². The third kappa shape index (κ3) is 6.91. The molecule has 0 bridgehead atoms. The molecule has 0 unspecified atom stereocenters. The fourth-order valence-corrected chi connectivity index (χ4v) is 5.49. The van der Waals surface area contributed by atoms with Gasteiger partial charge in [0.05, 0.1) is 25.9 Å². The van der Waals surface area contributed by atoms with E-state index in [1.165, 1.54) is 29.7 Å². The summed E-state index contributed by atoms with van der Waals surface area (Å²) in [6.07, 6.45) is 2.40. The molecule has 1 aromatic heterocycles. The second-order valence-corrected chi connectivity index (χ2v) is 11.5. The molecule has 1 aromatic rings. The van der Waals surface area contributed by atoms with Crippen LogP contribution in [0.2, 0.25) is 0 Å². The zero-order chi connectivity index (χ0) is 25.8. The maximum Gasteiger partial charge on any atom is 0.407 e. The molecule has 1 aliphatic carbocycles. The predicted octanol–water partition coefficient (Wildman–Crippen LogP) is 2.31. The number of methoxy groups -OCH3 is 1. The van der Waals surface area contributed by atoms with Gasteiger partial charge in [0.15, 0.2) is 0 Å². The van der Waals surface area contributed by atoms with Crippen molar-refractivity contribution in [2.24, 2.45) is 17.8 Å². The number of alkyl carbamates (subject to hydrolysis) is 1. The van der Waals surface area contributed by atoms with E-state index < -0.39 is 28.4 Å². The predicted molar refractivity (Wildman–Crippen MR) is 124 cm³/mol. The van der Waals surface area contributed by atoms with Crippen molar-refractivity contribution < 1.29 is 36.6 Å². The number of pyridine rings is 1. The number of nitrogens with one attached hydrogen (secondary N) is 1. The van der Waals surface area contributed by atoms with E-state index >= 15 is 0 Å². The highest BCUT2D eigenvalue weighted by Gasteiger charge is 2.62. The minimum absolute atomic E-state index is 0.00314. The third-order valence-corrected chi connectivity index (χ3v) is 7.60. The van der Waals surface area contributed by atoms with Crippen molar-refractivity contribution in [1.82, 2.24) is 14.6 Å². The van der Waals surface area contributed by atoms with Gasteiger partial charge in [-0.15, -0.1) is 0 Å². The Morgan fingerprint density at radius 1 is 1.26 bits per heavy atom. The van der Waals surface area contributed by atoms with Gasteiger partial charge < -0.3 is 19.5 Å². The van der Waals surface area contributed by atoms with Gasteiger partial charge in [-0.2, -0.15) is 4.31 Å². The number of esters is 1. The van der Waals surface area contributed by atoms with E-state index in [1.807, 2.05) is 0 Å². The molecule has 12 heteroatoms. The summed E-state index contributed by atoms with van der Waals surface area (Å²) in [6.45, 7) is 5.37. The number of carbonyl (C=O) groups excluding carboxylic acids is 2. The summed E-state index contributed by atoms with van der Waals surface area (Å²) in [6, 6.07) is 2.85. The lowest BCUT2D eigenvalue weighted by atomic mass is 10.2. The first-order chi connectivity index (χ1) is 16.5. The quantitative estimate of drug-likeness (QED) is 0.373. The highest BCUT2D eigenvalue weighted by atomic mass is 32.2. The van der Waals surface area contributed by atoms with Crippen LogP contribution in [0.25, 0.3) is 0 Å². The van der Waals surface area contributed by atoms with Crippen molar-refractivity contribution in [3.05, 3.63) is 30.0 Å². The zero-order valence-electron chi connectivity index (χ0n) is 20.3. The molecule has 0 radical (unpaired) electrons. The van der Waals surface area contributed by atoms with Crippen LogP contribution >= 0.6 is 0 Å². The largest absolute Gasteiger partial charge is 0.473 e. The van der Waals surface area contributed by atoms with Gasteiger partial charge in [0, 0.05) is 25.7 Å². The molecule has 1 N–H and O–H groups in total. The average molecular weight is 514 g/mol. The lowest BCUT2D eigenvalue weighted by Gasteiger charge is -2.20. The summed E-state index contributed by atoms with van der Waals surface area (Å²) >= 11 is 0. The molecule has 1 saturated carbocycles. The van der Waals surface area contributed by atoms with Crippen LogP contribution in [0, 0.1) is 17.8 Å². The molecule has 35 heavy (non-hydrogen) atoms. The van der Waals surface area contributed by atoms with Gasteiger partial charge in [0.2, 0.25) is 15.9 Å². The zero-order valence-corrected chi connectivity index (χ0v) is 21.1. The summed E-state index contributed by atoms with van der Waals surface area (Å²) in [5.41, 5.74) is -0.0306. The van der Waals surface area contributed by atoms with Gasteiger partial charge in [-0.3, -0.25) is 9.18 Å². The summed E-state index contributed by atoms with van der Waals surface area (Å²) in [5, 5.41) is 2.60. The average Bonchev–Trinajstić information content (AvgIpc) is 3.29. The van der Waals surface area contributed by atoms with Gasteiger partial charge in [0.25, 0.3) is 0 Å². The Bertz CT molecular complexity index is 1040. The summed E-state index contributed by atoms with van der Waals surface area (Å²) in [7, 11) is -2.41. The molecule has 194 valence electrons. The van der Waals surface area contributed by atoms with E-state index in [1.54, 1.807) is 26.8 Å². The van der Waals surface area contributed by atoms with Crippen molar-refractivity contribution in [2.45, 2.75) is 37.7 Å². The topological polar surface area (TPSA) is 124 Å². The Kier molecular flexibility index (Phi) is 8.37. The van der Waals surface area contributed by atoms with Crippen molar-refractivity contribution in [2.75, 3.05) is 40.0 Å². The molecule has 1 aliphatic heterocycles. The minimum Gasteiger partial charge on any atom is -0.473 e. The Morgan fingerprint density at radius 3 is 2.49 bits per heavy atom. The molecule has 0 spiro atoms. The van der Waals surface area contributed by atoms with Crippen LogP contribution < -0.4 is 10.1 Å². The van der Waals surface area contributed by atoms with Crippen molar-refractivity contribution in [3.63, 3.8) is 0 Å². The van der Waals surface area contributed by atoms with Crippen LogP contribution in [0.15, 0.2) is 34.9 Å².